The summed E-state index contributed by atoms with van der Waals surface area (Å²) < 4.78 is 28.1. The molecule has 0 aromatic heterocycles. The monoisotopic (exact) mass is 363 g/mol. The zero-order valence-corrected chi connectivity index (χ0v) is 15.4. The van der Waals surface area contributed by atoms with E-state index in [1.807, 2.05) is 43.3 Å². The van der Waals surface area contributed by atoms with Gasteiger partial charge in [-0.05, 0) is 49.6 Å². The molecule has 24 heavy (non-hydrogen) atoms. The minimum Gasteiger partial charge on any atom is -0.207 e. The van der Waals surface area contributed by atoms with E-state index in [-0.39, 0.29) is 6.04 Å². The van der Waals surface area contributed by atoms with Gasteiger partial charge in [-0.25, -0.2) is 8.42 Å². The van der Waals surface area contributed by atoms with E-state index in [0.717, 1.165) is 36.8 Å². The fourth-order valence-electron chi connectivity index (χ4n) is 3.23. The number of hydrogen-bond donors (Lipinski definition) is 0. The summed E-state index contributed by atoms with van der Waals surface area (Å²) in [5, 5.41) is 0.667. The maximum atomic E-state index is 13.2. The van der Waals surface area contributed by atoms with Crippen molar-refractivity contribution in [3.05, 3.63) is 64.7 Å². The molecule has 0 spiro atoms. The van der Waals surface area contributed by atoms with Crippen molar-refractivity contribution < 1.29 is 8.42 Å². The lowest BCUT2D eigenvalue weighted by molar-refractivity contribution is 0.329. The third-order valence-corrected chi connectivity index (χ3v) is 6.76. The van der Waals surface area contributed by atoms with Crippen LogP contribution in [0.2, 0.25) is 5.02 Å². The third kappa shape index (κ3) is 3.66. The molecular formula is C19H22ClNO2S. The number of rotatable bonds is 3. The minimum absolute atomic E-state index is 0.129. The van der Waals surface area contributed by atoms with Gasteiger partial charge in [-0.3, -0.25) is 0 Å². The van der Waals surface area contributed by atoms with Gasteiger partial charge in [-0.15, -0.1) is 0 Å². The standard InChI is InChI=1S/C19H22ClNO2S/c1-15-6-12-18(13-7-15)24(22,23)21-14-4-2-3-5-19(21)16-8-10-17(20)11-9-16/h6-13,19H,2-5,14H2,1H3/t19-/m0/s1. The zero-order chi connectivity index (χ0) is 17.2. The quantitative estimate of drug-likeness (QED) is 0.773. The van der Waals surface area contributed by atoms with Crippen LogP contribution in [0.3, 0.4) is 0 Å². The lowest BCUT2D eigenvalue weighted by Crippen LogP contribution is -2.34. The summed E-state index contributed by atoms with van der Waals surface area (Å²) in [5.41, 5.74) is 2.07. The molecule has 5 heteroatoms. The molecule has 1 heterocycles. The smallest absolute Gasteiger partial charge is 0.207 e. The average molecular weight is 364 g/mol. The summed E-state index contributed by atoms with van der Waals surface area (Å²) in [4.78, 5) is 0.369. The van der Waals surface area contributed by atoms with E-state index < -0.39 is 10.0 Å². The molecule has 0 amide bonds. The van der Waals surface area contributed by atoms with Gasteiger partial charge in [-0.2, -0.15) is 4.31 Å². The van der Waals surface area contributed by atoms with E-state index in [1.165, 1.54) is 0 Å². The molecule has 0 aliphatic carbocycles. The van der Waals surface area contributed by atoms with Crippen molar-refractivity contribution in [2.45, 2.75) is 43.5 Å². The predicted molar refractivity (Wildman–Crippen MR) is 97.7 cm³/mol. The molecule has 1 fully saturated rings. The third-order valence-electron chi connectivity index (χ3n) is 4.59. The van der Waals surface area contributed by atoms with Crippen molar-refractivity contribution in [2.75, 3.05) is 6.54 Å². The molecule has 0 unspecified atom stereocenters. The number of sulfonamides is 1. The molecular weight excluding hydrogens is 342 g/mol. The highest BCUT2D eigenvalue weighted by Crippen LogP contribution is 2.35. The normalized spacial score (nSPS) is 19.8. The molecule has 0 bridgehead atoms. The topological polar surface area (TPSA) is 37.4 Å². The van der Waals surface area contributed by atoms with Gasteiger partial charge in [0.05, 0.1) is 10.9 Å². The van der Waals surface area contributed by atoms with Gasteiger partial charge < -0.3 is 0 Å². The van der Waals surface area contributed by atoms with E-state index in [4.69, 9.17) is 11.6 Å². The molecule has 1 aliphatic rings. The van der Waals surface area contributed by atoms with Crippen molar-refractivity contribution in [3.63, 3.8) is 0 Å². The first-order chi connectivity index (χ1) is 11.5. The second kappa shape index (κ2) is 7.26. The minimum atomic E-state index is -3.51. The van der Waals surface area contributed by atoms with Gasteiger partial charge in [0.2, 0.25) is 10.0 Å². The molecule has 1 aliphatic heterocycles. The Kier molecular flexibility index (Phi) is 5.28. The Hall–Kier alpha value is -1.36. The highest BCUT2D eigenvalue weighted by Gasteiger charge is 2.33. The number of aryl methyl sites for hydroxylation is 1. The lowest BCUT2D eigenvalue weighted by atomic mass is 10.0. The Labute approximate surface area is 149 Å². The van der Waals surface area contributed by atoms with Crippen molar-refractivity contribution in [3.8, 4) is 0 Å². The van der Waals surface area contributed by atoms with E-state index in [2.05, 4.69) is 0 Å². The highest BCUT2D eigenvalue weighted by molar-refractivity contribution is 7.89. The van der Waals surface area contributed by atoms with Crippen LogP contribution >= 0.6 is 11.6 Å². The molecule has 1 atom stereocenters. The van der Waals surface area contributed by atoms with Crippen molar-refractivity contribution >= 4 is 21.6 Å². The predicted octanol–water partition coefficient (Wildman–Crippen LogP) is 4.95. The number of halogens is 1. The summed E-state index contributed by atoms with van der Waals surface area (Å²) in [6.45, 7) is 2.52. The molecule has 3 nitrogen and oxygen atoms in total. The van der Waals surface area contributed by atoms with Crippen molar-refractivity contribution in [1.82, 2.24) is 4.31 Å². The Bertz CT molecular complexity index is 785. The van der Waals surface area contributed by atoms with E-state index in [0.29, 0.717) is 16.5 Å². The van der Waals surface area contributed by atoms with Gasteiger partial charge in [0, 0.05) is 11.6 Å². The molecule has 2 aromatic rings. The van der Waals surface area contributed by atoms with Gasteiger partial charge in [-0.1, -0.05) is 54.3 Å². The Morgan fingerprint density at radius 1 is 0.958 bits per heavy atom. The Morgan fingerprint density at radius 2 is 1.62 bits per heavy atom. The number of nitrogens with zero attached hydrogens (tertiary/aromatic N) is 1. The fourth-order valence-corrected chi connectivity index (χ4v) is 5.04. The maximum Gasteiger partial charge on any atom is 0.243 e. The molecule has 0 saturated carbocycles. The van der Waals surface area contributed by atoms with Gasteiger partial charge in [0.25, 0.3) is 0 Å². The highest BCUT2D eigenvalue weighted by atomic mass is 35.5. The summed E-state index contributed by atoms with van der Waals surface area (Å²) >= 11 is 5.99. The first-order valence-corrected chi connectivity index (χ1v) is 10.1. The summed E-state index contributed by atoms with van der Waals surface area (Å²) in [7, 11) is -3.51. The largest absolute Gasteiger partial charge is 0.243 e. The van der Waals surface area contributed by atoms with Gasteiger partial charge >= 0.3 is 0 Å². The van der Waals surface area contributed by atoms with Crippen LogP contribution in [0.1, 0.15) is 42.9 Å². The van der Waals surface area contributed by atoms with Crippen LogP contribution in [-0.4, -0.2) is 19.3 Å². The maximum absolute atomic E-state index is 13.2. The summed E-state index contributed by atoms with van der Waals surface area (Å²) in [6, 6.07) is 14.5. The molecule has 3 rings (SSSR count). The molecule has 1 saturated heterocycles. The summed E-state index contributed by atoms with van der Waals surface area (Å²) in [6.07, 6.45) is 3.83. The molecule has 2 aromatic carbocycles. The van der Waals surface area contributed by atoms with Gasteiger partial charge in [0.15, 0.2) is 0 Å². The number of benzene rings is 2. The van der Waals surface area contributed by atoms with E-state index in [1.54, 1.807) is 16.4 Å². The Balaban J connectivity index is 2.00. The van der Waals surface area contributed by atoms with Gasteiger partial charge in [0.1, 0.15) is 0 Å². The Morgan fingerprint density at radius 3 is 2.29 bits per heavy atom. The second-order valence-corrected chi connectivity index (χ2v) is 8.67. The lowest BCUT2D eigenvalue weighted by Gasteiger charge is -2.29. The summed E-state index contributed by atoms with van der Waals surface area (Å²) in [5.74, 6) is 0. The molecule has 0 radical (unpaired) electrons. The van der Waals surface area contributed by atoms with Crippen LogP contribution < -0.4 is 0 Å². The molecule has 0 N–H and O–H groups in total. The van der Waals surface area contributed by atoms with Crippen molar-refractivity contribution in [1.29, 1.82) is 0 Å². The fraction of sp³-hybridized carbons (Fsp3) is 0.368. The van der Waals surface area contributed by atoms with Crippen LogP contribution in [0.4, 0.5) is 0 Å². The molecule has 128 valence electrons. The van der Waals surface area contributed by atoms with Crippen LogP contribution in [0.25, 0.3) is 0 Å². The van der Waals surface area contributed by atoms with E-state index in [9.17, 15) is 8.42 Å². The van der Waals surface area contributed by atoms with Crippen LogP contribution in [0.15, 0.2) is 53.4 Å². The van der Waals surface area contributed by atoms with Crippen LogP contribution in [0.5, 0.6) is 0 Å². The first kappa shape index (κ1) is 17.5. The first-order valence-electron chi connectivity index (χ1n) is 8.32. The number of hydrogen-bond acceptors (Lipinski definition) is 2. The van der Waals surface area contributed by atoms with Crippen LogP contribution in [0, 0.1) is 6.92 Å². The van der Waals surface area contributed by atoms with E-state index >= 15 is 0 Å². The van der Waals surface area contributed by atoms with Crippen molar-refractivity contribution in [2.24, 2.45) is 0 Å². The SMILES string of the molecule is Cc1ccc(S(=O)(=O)N2CCCCC[C@H]2c2ccc(Cl)cc2)cc1. The average Bonchev–Trinajstić information content (AvgIpc) is 2.82. The second-order valence-electron chi connectivity index (χ2n) is 6.35. The van der Waals surface area contributed by atoms with Crippen LogP contribution in [-0.2, 0) is 10.0 Å². The zero-order valence-electron chi connectivity index (χ0n) is 13.8.